The maximum Gasteiger partial charge on any atom is 0.329 e. The number of aliphatic carboxylic acids is 1. The van der Waals surface area contributed by atoms with Gasteiger partial charge in [-0.25, -0.2) is 9.78 Å². The monoisotopic (exact) mass is 193 g/mol. The van der Waals surface area contributed by atoms with Crippen LogP contribution in [0.2, 0.25) is 0 Å². The predicted molar refractivity (Wildman–Crippen MR) is 50.0 cm³/mol. The number of aromatic nitrogens is 2. The van der Waals surface area contributed by atoms with E-state index in [1.54, 1.807) is 19.3 Å². The van der Waals surface area contributed by atoms with Crippen LogP contribution in [0.5, 0.6) is 0 Å². The first-order valence-corrected chi connectivity index (χ1v) is 4.43. The fourth-order valence-electron chi connectivity index (χ4n) is 1.27. The van der Waals surface area contributed by atoms with Crippen molar-refractivity contribution in [3.8, 4) is 0 Å². The zero-order valence-electron chi connectivity index (χ0n) is 7.82. The Balaban J connectivity index is 2.19. The molecule has 1 aliphatic carbocycles. The second-order valence-electron chi connectivity index (χ2n) is 3.50. The molecule has 2 N–H and O–H groups in total. The van der Waals surface area contributed by atoms with E-state index >= 15 is 0 Å². The van der Waals surface area contributed by atoms with Crippen LogP contribution in [-0.2, 0) is 4.79 Å². The van der Waals surface area contributed by atoms with Gasteiger partial charge in [0.2, 0.25) is 0 Å². The van der Waals surface area contributed by atoms with E-state index in [1.807, 2.05) is 0 Å². The Bertz CT molecular complexity index is 374. The van der Waals surface area contributed by atoms with Gasteiger partial charge in [0, 0.05) is 12.4 Å². The van der Waals surface area contributed by atoms with Crippen LogP contribution in [0.25, 0.3) is 0 Å². The van der Waals surface area contributed by atoms with Gasteiger partial charge in [0.1, 0.15) is 11.4 Å². The number of anilines is 1. The van der Waals surface area contributed by atoms with Crippen molar-refractivity contribution >= 4 is 11.8 Å². The van der Waals surface area contributed by atoms with Gasteiger partial charge in [-0.15, -0.1) is 0 Å². The molecule has 14 heavy (non-hydrogen) atoms. The van der Waals surface area contributed by atoms with Gasteiger partial charge in [-0.05, 0) is 19.8 Å². The average molecular weight is 193 g/mol. The van der Waals surface area contributed by atoms with E-state index in [-0.39, 0.29) is 0 Å². The third-order valence-electron chi connectivity index (χ3n) is 2.40. The maximum absolute atomic E-state index is 10.9. The number of aryl methyl sites for hydroxylation is 1. The van der Waals surface area contributed by atoms with Crippen molar-refractivity contribution in [3.63, 3.8) is 0 Å². The molecule has 0 atom stereocenters. The molecule has 0 spiro atoms. The van der Waals surface area contributed by atoms with Crippen molar-refractivity contribution in [1.82, 2.24) is 9.97 Å². The summed E-state index contributed by atoms with van der Waals surface area (Å²) in [4.78, 5) is 19.0. The van der Waals surface area contributed by atoms with E-state index in [0.717, 1.165) is 5.69 Å². The van der Waals surface area contributed by atoms with Crippen LogP contribution in [0.1, 0.15) is 18.5 Å². The highest BCUT2D eigenvalue weighted by Gasteiger charge is 2.51. The highest BCUT2D eigenvalue weighted by atomic mass is 16.4. The van der Waals surface area contributed by atoms with Crippen LogP contribution in [-0.4, -0.2) is 26.6 Å². The van der Waals surface area contributed by atoms with Gasteiger partial charge in [-0.1, -0.05) is 0 Å². The highest BCUT2D eigenvalue weighted by molar-refractivity contribution is 5.86. The molecule has 1 saturated carbocycles. The van der Waals surface area contributed by atoms with Gasteiger partial charge >= 0.3 is 5.97 Å². The third-order valence-corrected chi connectivity index (χ3v) is 2.40. The first kappa shape index (κ1) is 8.93. The fraction of sp³-hybridized carbons (Fsp3) is 0.444. The van der Waals surface area contributed by atoms with Crippen molar-refractivity contribution in [2.75, 3.05) is 5.32 Å². The van der Waals surface area contributed by atoms with Crippen LogP contribution >= 0.6 is 0 Å². The minimum absolute atomic E-state index is 0.562. The Kier molecular flexibility index (Phi) is 1.87. The van der Waals surface area contributed by atoms with Crippen LogP contribution < -0.4 is 5.32 Å². The number of hydrogen-bond acceptors (Lipinski definition) is 4. The second kappa shape index (κ2) is 2.94. The minimum Gasteiger partial charge on any atom is -0.480 e. The molecule has 0 bridgehead atoms. The second-order valence-corrected chi connectivity index (χ2v) is 3.50. The molecule has 2 rings (SSSR count). The summed E-state index contributed by atoms with van der Waals surface area (Å²) in [7, 11) is 0. The molecule has 1 aromatic rings. The van der Waals surface area contributed by atoms with E-state index in [4.69, 9.17) is 5.11 Å². The molecular weight excluding hydrogens is 182 g/mol. The lowest BCUT2D eigenvalue weighted by atomic mass is 10.2. The van der Waals surface area contributed by atoms with E-state index in [0.29, 0.717) is 18.7 Å². The summed E-state index contributed by atoms with van der Waals surface area (Å²) in [6, 6.07) is 0. The van der Waals surface area contributed by atoms with E-state index in [1.165, 1.54) is 0 Å². The molecule has 0 radical (unpaired) electrons. The van der Waals surface area contributed by atoms with Crippen molar-refractivity contribution in [2.24, 2.45) is 0 Å². The smallest absolute Gasteiger partial charge is 0.329 e. The SMILES string of the molecule is Cc1nccnc1NC1(C(=O)O)CC1. The van der Waals surface area contributed by atoms with Crippen molar-refractivity contribution in [2.45, 2.75) is 25.3 Å². The molecule has 74 valence electrons. The van der Waals surface area contributed by atoms with E-state index in [2.05, 4.69) is 15.3 Å². The zero-order valence-corrected chi connectivity index (χ0v) is 7.82. The van der Waals surface area contributed by atoms with E-state index in [9.17, 15) is 4.79 Å². The van der Waals surface area contributed by atoms with Gasteiger partial charge in [0.05, 0.1) is 5.69 Å². The summed E-state index contributed by atoms with van der Waals surface area (Å²) in [5.74, 6) is -0.255. The van der Waals surface area contributed by atoms with Crippen LogP contribution in [0.3, 0.4) is 0 Å². The van der Waals surface area contributed by atoms with Gasteiger partial charge in [0.15, 0.2) is 0 Å². The number of hydrogen-bond donors (Lipinski definition) is 2. The molecule has 0 aromatic carbocycles. The lowest BCUT2D eigenvalue weighted by molar-refractivity contribution is -0.138. The molecule has 5 heteroatoms. The Labute approximate surface area is 81.2 Å². The average Bonchev–Trinajstić information content (AvgIpc) is 2.90. The van der Waals surface area contributed by atoms with Crippen LogP contribution in [0.15, 0.2) is 12.4 Å². The lowest BCUT2D eigenvalue weighted by Gasteiger charge is -2.13. The van der Waals surface area contributed by atoms with Crippen molar-refractivity contribution < 1.29 is 9.90 Å². The summed E-state index contributed by atoms with van der Waals surface area (Å²) < 4.78 is 0. The molecule has 1 aliphatic rings. The molecule has 5 nitrogen and oxygen atoms in total. The number of nitrogens with one attached hydrogen (secondary N) is 1. The molecule has 1 aromatic heterocycles. The molecule has 0 aliphatic heterocycles. The largest absolute Gasteiger partial charge is 0.480 e. The first-order chi connectivity index (χ1) is 6.64. The summed E-state index contributed by atoms with van der Waals surface area (Å²) in [6.07, 6.45) is 4.44. The van der Waals surface area contributed by atoms with Gasteiger partial charge < -0.3 is 10.4 Å². The van der Waals surface area contributed by atoms with Crippen LogP contribution in [0.4, 0.5) is 5.82 Å². The number of carboxylic acid groups (broad SMARTS) is 1. The Morgan fingerprint density at radius 3 is 2.64 bits per heavy atom. The molecule has 0 saturated heterocycles. The summed E-state index contributed by atoms with van der Waals surface area (Å²) in [6.45, 7) is 1.80. The topological polar surface area (TPSA) is 75.1 Å². The third kappa shape index (κ3) is 1.41. The number of nitrogens with zero attached hydrogens (tertiary/aromatic N) is 2. The maximum atomic E-state index is 10.9. The Hall–Kier alpha value is -1.65. The predicted octanol–water partition coefficient (Wildman–Crippen LogP) is 0.814. The van der Waals surface area contributed by atoms with Gasteiger partial charge in [-0.2, -0.15) is 0 Å². The number of carboxylic acids is 1. The molecule has 0 amide bonds. The Morgan fingerprint density at radius 2 is 2.14 bits per heavy atom. The minimum atomic E-state index is -0.817. The van der Waals surface area contributed by atoms with Crippen molar-refractivity contribution in [1.29, 1.82) is 0 Å². The quantitative estimate of drug-likeness (QED) is 0.743. The van der Waals surface area contributed by atoms with E-state index < -0.39 is 11.5 Å². The summed E-state index contributed by atoms with van der Waals surface area (Å²) in [5, 5.41) is 11.9. The molecule has 0 unspecified atom stereocenters. The highest BCUT2D eigenvalue weighted by Crippen LogP contribution is 2.38. The van der Waals surface area contributed by atoms with Gasteiger partial charge in [-0.3, -0.25) is 4.98 Å². The van der Waals surface area contributed by atoms with Crippen LogP contribution in [0, 0.1) is 6.92 Å². The fourth-order valence-corrected chi connectivity index (χ4v) is 1.27. The summed E-state index contributed by atoms with van der Waals surface area (Å²) in [5.41, 5.74) is -0.0686. The molecule has 1 fully saturated rings. The zero-order chi connectivity index (χ0) is 10.2. The Morgan fingerprint density at radius 1 is 1.50 bits per heavy atom. The van der Waals surface area contributed by atoms with Crippen molar-refractivity contribution in [3.05, 3.63) is 18.1 Å². The molecule has 1 heterocycles. The lowest BCUT2D eigenvalue weighted by Crippen LogP contribution is -2.32. The number of rotatable bonds is 3. The normalized spacial score (nSPS) is 17.5. The summed E-state index contributed by atoms with van der Waals surface area (Å²) >= 11 is 0. The first-order valence-electron chi connectivity index (χ1n) is 4.43. The standard InChI is InChI=1S/C9H11N3O2/c1-6-7(11-5-4-10-6)12-9(2-3-9)8(13)14/h4-5H,2-3H2,1H3,(H,11,12)(H,13,14). The molecular formula is C9H11N3O2. The number of carbonyl (C=O) groups is 1. The van der Waals surface area contributed by atoms with Gasteiger partial charge in [0.25, 0.3) is 0 Å².